The van der Waals surface area contributed by atoms with E-state index in [4.69, 9.17) is 4.74 Å². The van der Waals surface area contributed by atoms with Gasteiger partial charge < -0.3 is 9.30 Å². The van der Waals surface area contributed by atoms with Gasteiger partial charge in [0.1, 0.15) is 17.6 Å². The Bertz CT molecular complexity index is 1070. The Morgan fingerprint density at radius 3 is 2.41 bits per heavy atom. The van der Waals surface area contributed by atoms with Crippen molar-refractivity contribution in [2.75, 3.05) is 5.32 Å². The maximum Gasteiger partial charge on any atom is 0.412 e. The summed E-state index contributed by atoms with van der Waals surface area (Å²) in [7, 11) is 0. The predicted molar refractivity (Wildman–Crippen MR) is 110 cm³/mol. The average Bonchev–Trinajstić information content (AvgIpc) is 2.99. The van der Waals surface area contributed by atoms with Crippen LogP contribution in [0, 0.1) is 0 Å². The number of carbonyl (C=O) groups is 2. The van der Waals surface area contributed by atoms with E-state index in [0.29, 0.717) is 27.8 Å². The van der Waals surface area contributed by atoms with E-state index >= 15 is 0 Å². The first-order valence-corrected chi connectivity index (χ1v) is 9.27. The number of ketones is 1. The van der Waals surface area contributed by atoms with Crippen molar-refractivity contribution in [3.05, 3.63) is 48.3 Å². The highest BCUT2D eigenvalue weighted by Gasteiger charge is 2.24. The molecule has 8 nitrogen and oxygen atoms in total. The molecule has 3 aromatic heterocycles. The number of pyridine rings is 1. The molecule has 3 aromatic rings. The van der Waals surface area contributed by atoms with Gasteiger partial charge >= 0.3 is 6.09 Å². The van der Waals surface area contributed by atoms with E-state index in [2.05, 4.69) is 20.3 Å². The van der Waals surface area contributed by atoms with Crippen LogP contribution in [0.1, 0.15) is 57.5 Å². The molecule has 0 unspecified atom stereocenters. The molecule has 0 fully saturated rings. The number of aromatic nitrogens is 4. The van der Waals surface area contributed by atoms with Crippen molar-refractivity contribution in [2.24, 2.45) is 0 Å². The summed E-state index contributed by atoms with van der Waals surface area (Å²) in [6.45, 7) is 11.4. The van der Waals surface area contributed by atoms with Crippen molar-refractivity contribution in [2.45, 2.75) is 52.7 Å². The number of rotatable bonds is 3. The molecule has 0 aliphatic rings. The molecule has 0 saturated carbocycles. The molecule has 152 valence electrons. The maximum atomic E-state index is 13.2. The topological polar surface area (TPSA) is 99.0 Å². The van der Waals surface area contributed by atoms with Gasteiger partial charge in [-0.25, -0.2) is 14.8 Å². The number of ether oxygens (including phenoxy) is 1. The van der Waals surface area contributed by atoms with E-state index in [1.54, 1.807) is 39.2 Å². The lowest BCUT2D eigenvalue weighted by atomic mass is 10.1. The summed E-state index contributed by atoms with van der Waals surface area (Å²) in [5.74, 6) is -0.229. The molecule has 3 rings (SSSR count). The summed E-state index contributed by atoms with van der Waals surface area (Å²) in [6, 6.07) is 1.57. The monoisotopic (exact) mass is 395 g/mol. The third-order valence-electron chi connectivity index (χ3n) is 4.08. The lowest BCUT2D eigenvalue weighted by molar-refractivity contribution is 0.0635. The molecule has 3 heterocycles. The average molecular weight is 395 g/mol. The number of anilines is 1. The number of hydrogen-bond donors (Lipinski definition) is 1. The van der Waals surface area contributed by atoms with Crippen molar-refractivity contribution in [3.8, 4) is 0 Å². The van der Waals surface area contributed by atoms with Gasteiger partial charge in [-0.15, -0.1) is 0 Å². The van der Waals surface area contributed by atoms with Crippen LogP contribution in [0.15, 0.2) is 37.2 Å². The van der Waals surface area contributed by atoms with Crippen molar-refractivity contribution in [1.29, 1.82) is 0 Å². The van der Waals surface area contributed by atoms with E-state index in [1.165, 1.54) is 18.7 Å². The fourth-order valence-electron chi connectivity index (χ4n) is 2.87. The summed E-state index contributed by atoms with van der Waals surface area (Å²) >= 11 is 0. The summed E-state index contributed by atoms with van der Waals surface area (Å²) in [5, 5.41) is 3.27. The number of fused-ring (bicyclic) bond motifs is 1. The first kappa shape index (κ1) is 20.4. The second kappa shape index (κ2) is 7.27. The Labute approximate surface area is 169 Å². The lowest BCUT2D eigenvalue weighted by Gasteiger charge is -2.21. The van der Waals surface area contributed by atoms with Crippen LogP contribution in [0.4, 0.5) is 10.5 Å². The van der Waals surface area contributed by atoms with Crippen LogP contribution >= 0.6 is 0 Å². The number of nitrogens with zero attached hydrogens (tertiary/aromatic N) is 4. The molecular weight excluding hydrogens is 370 g/mol. The van der Waals surface area contributed by atoms with E-state index < -0.39 is 11.7 Å². The molecule has 0 radical (unpaired) electrons. The van der Waals surface area contributed by atoms with Crippen LogP contribution in [0.3, 0.4) is 0 Å². The van der Waals surface area contributed by atoms with Gasteiger partial charge in [0.05, 0.1) is 17.4 Å². The first-order chi connectivity index (χ1) is 13.5. The Morgan fingerprint density at radius 2 is 1.76 bits per heavy atom. The minimum Gasteiger partial charge on any atom is -0.444 e. The quantitative estimate of drug-likeness (QED) is 0.669. The summed E-state index contributed by atoms with van der Waals surface area (Å²) in [6.07, 6.45) is 7.20. The standard InChI is InChI=1S/C21H25N5O3/c1-20(2,3)26-11-16(15-10-23-12-24-18(15)26)17(27)13-7-14(9-22-8-13)25-19(28)29-21(4,5)6/h7-12H,1-6H3,(H,25,28). The number of hydrogen-bond acceptors (Lipinski definition) is 6. The molecular formula is C21H25N5O3. The number of nitrogens with one attached hydrogen (secondary N) is 1. The van der Waals surface area contributed by atoms with Crippen LogP contribution in [0.25, 0.3) is 11.0 Å². The van der Waals surface area contributed by atoms with Crippen LogP contribution in [-0.2, 0) is 10.3 Å². The first-order valence-electron chi connectivity index (χ1n) is 9.27. The second-order valence-corrected chi connectivity index (χ2v) is 8.76. The smallest absolute Gasteiger partial charge is 0.412 e. The molecule has 8 heteroatoms. The molecule has 1 amide bonds. The van der Waals surface area contributed by atoms with Crippen LogP contribution in [0.2, 0.25) is 0 Å². The highest BCUT2D eigenvalue weighted by Crippen LogP contribution is 2.27. The van der Waals surface area contributed by atoms with E-state index in [-0.39, 0.29) is 11.3 Å². The summed E-state index contributed by atoms with van der Waals surface area (Å²) in [4.78, 5) is 37.7. The van der Waals surface area contributed by atoms with Crippen molar-refractivity contribution in [1.82, 2.24) is 19.5 Å². The van der Waals surface area contributed by atoms with Gasteiger partial charge in [-0.1, -0.05) is 0 Å². The molecule has 0 atom stereocenters. The SMILES string of the molecule is CC(C)(C)OC(=O)Nc1cncc(C(=O)c2cn(C(C)(C)C)c3ncncc23)c1. The van der Waals surface area contributed by atoms with Crippen molar-refractivity contribution >= 4 is 28.6 Å². The molecule has 1 N–H and O–H groups in total. The molecule has 29 heavy (non-hydrogen) atoms. The summed E-state index contributed by atoms with van der Waals surface area (Å²) < 4.78 is 7.19. The third kappa shape index (κ3) is 4.59. The fraction of sp³-hybridized carbons (Fsp3) is 0.381. The largest absolute Gasteiger partial charge is 0.444 e. The van der Waals surface area contributed by atoms with Crippen LogP contribution in [-0.4, -0.2) is 37.0 Å². The highest BCUT2D eigenvalue weighted by atomic mass is 16.6. The van der Waals surface area contributed by atoms with Gasteiger partial charge in [-0.3, -0.25) is 15.1 Å². The summed E-state index contributed by atoms with van der Waals surface area (Å²) in [5.41, 5.74) is 0.998. The van der Waals surface area contributed by atoms with Crippen LogP contribution < -0.4 is 5.32 Å². The van der Waals surface area contributed by atoms with Crippen molar-refractivity contribution in [3.63, 3.8) is 0 Å². The zero-order chi connectivity index (χ0) is 21.4. The minimum atomic E-state index is -0.625. The lowest BCUT2D eigenvalue weighted by Crippen LogP contribution is -2.27. The van der Waals surface area contributed by atoms with Gasteiger partial charge in [-0.05, 0) is 47.6 Å². The Balaban J connectivity index is 1.95. The molecule has 0 saturated heterocycles. The van der Waals surface area contributed by atoms with Gasteiger partial charge in [-0.2, -0.15) is 0 Å². The molecule has 0 bridgehead atoms. The zero-order valence-electron chi connectivity index (χ0n) is 17.5. The normalized spacial score (nSPS) is 12.1. The molecule has 0 spiro atoms. The van der Waals surface area contributed by atoms with Crippen LogP contribution in [0.5, 0.6) is 0 Å². The maximum absolute atomic E-state index is 13.2. The third-order valence-corrected chi connectivity index (χ3v) is 4.08. The number of amides is 1. The minimum absolute atomic E-state index is 0.229. The predicted octanol–water partition coefficient (Wildman–Crippen LogP) is 4.16. The van der Waals surface area contributed by atoms with E-state index in [9.17, 15) is 9.59 Å². The van der Waals surface area contributed by atoms with Gasteiger partial charge in [0, 0.05) is 35.1 Å². The van der Waals surface area contributed by atoms with Gasteiger partial charge in [0.25, 0.3) is 0 Å². The second-order valence-electron chi connectivity index (χ2n) is 8.76. The molecule has 0 aromatic carbocycles. The van der Waals surface area contributed by atoms with Gasteiger partial charge in [0.2, 0.25) is 0 Å². The van der Waals surface area contributed by atoms with Gasteiger partial charge in [0.15, 0.2) is 5.78 Å². The molecule has 0 aliphatic carbocycles. The van der Waals surface area contributed by atoms with E-state index in [1.807, 2.05) is 25.3 Å². The zero-order valence-corrected chi connectivity index (χ0v) is 17.5. The fourth-order valence-corrected chi connectivity index (χ4v) is 2.87. The van der Waals surface area contributed by atoms with Crippen molar-refractivity contribution < 1.29 is 14.3 Å². The highest BCUT2D eigenvalue weighted by molar-refractivity contribution is 6.16. The Hall–Kier alpha value is -3.29. The van der Waals surface area contributed by atoms with E-state index in [0.717, 1.165) is 0 Å². The Kier molecular flexibility index (Phi) is 5.13. The number of carbonyl (C=O) groups excluding carboxylic acids is 2. The Morgan fingerprint density at radius 1 is 1.03 bits per heavy atom. The molecule has 0 aliphatic heterocycles.